The van der Waals surface area contributed by atoms with E-state index in [1.54, 1.807) is 36.0 Å². The molecule has 1 N–H and O–H groups in total. The second-order valence-electron chi connectivity index (χ2n) is 7.24. The minimum atomic E-state index is -4.69. The summed E-state index contributed by atoms with van der Waals surface area (Å²) in [4.78, 5) is 25.2. The van der Waals surface area contributed by atoms with Gasteiger partial charge in [-0.3, -0.25) is 14.9 Å². The fourth-order valence-corrected chi connectivity index (χ4v) is 5.67. The fraction of sp³-hybridized carbons (Fsp3) is 0.174. The Balaban J connectivity index is 1.61. The monoisotopic (exact) mass is 490 g/mol. The van der Waals surface area contributed by atoms with E-state index in [1.165, 1.54) is 0 Å². The highest BCUT2D eigenvalue weighted by molar-refractivity contribution is 7.99. The molecule has 5 nitrogen and oxygen atoms in total. The Labute approximate surface area is 195 Å². The van der Waals surface area contributed by atoms with Crippen LogP contribution < -0.4 is 5.32 Å². The molecule has 1 heterocycles. The third kappa shape index (κ3) is 5.17. The van der Waals surface area contributed by atoms with Crippen LogP contribution in [0.15, 0.2) is 81.4 Å². The van der Waals surface area contributed by atoms with Gasteiger partial charge in [-0.05, 0) is 42.3 Å². The summed E-state index contributed by atoms with van der Waals surface area (Å²) in [5.74, 6) is 0.509. The number of halogens is 3. The predicted octanol–water partition coefficient (Wildman–Crippen LogP) is 6.73. The lowest BCUT2D eigenvalue weighted by Gasteiger charge is -2.26. The average Bonchev–Trinajstić information content (AvgIpc) is 2.79. The molecule has 170 valence electrons. The number of rotatable bonds is 5. The summed E-state index contributed by atoms with van der Waals surface area (Å²) in [6, 6.07) is 16.6. The number of alkyl halides is 3. The number of nitrogens with zero attached hydrogens (tertiary/aromatic N) is 1. The van der Waals surface area contributed by atoms with Gasteiger partial charge in [-0.2, -0.15) is 13.2 Å². The van der Waals surface area contributed by atoms with Crippen LogP contribution in [0.3, 0.4) is 0 Å². The van der Waals surface area contributed by atoms with Gasteiger partial charge in [0.2, 0.25) is 0 Å². The quantitative estimate of drug-likeness (QED) is 0.317. The van der Waals surface area contributed by atoms with Gasteiger partial charge in [0, 0.05) is 21.6 Å². The molecule has 0 fully saturated rings. The molecule has 1 amide bonds. The van der Waals surface area contributed by atoms with Crippen molar-refractivity contribution in [2.75, 3.05) is 5.75 Å². The highest BCUT2D eigenvalue weighted by Gasteiger charge is 2.33. The summed E-state index contributed by atoms with van der Waals surface area (Å²) >= 11 is 2.62. The predicted molar refractivity (Wildman–Crippen MR) is 121 cm³/mol. The Bertz CT molecular complexity index is 1220. The van der Waals surface area contributed by atoms with Gasteiger partial charge < -0.3 is 5.32 Å². The maximum Gasteiger partial charge on any atom is 0.416 e. The van der Waals surface area contributed by atoms with E-state index in [9.17, 15) is 28.1 Å². The normalized spacial score (nSPS) is 15.5. The number of nitro groups is 1. The van der Waals surface area contributed by atoms with Gasteiger partial charge in [-0.25, -0.2) is 0 Å². The number of hydrogen-bond acceptors (Lipinski definition) is 5. The number of carbonyl (C=O) groups is 1. The van der Waals surface area contributed by atoms with Crippen molar-refractivity contribution in [1.29, 1.82) is 0 Å². The first-order valence-corrected chi connectivity index (χ1v) is 11.7. The third-order valence-corrected chi connectivity index (χ3v) is 7.36. The van der Waals surface area contributed by atoms with Crippen LogP contribution in [0.4, 0.5) is 18.9 Å². The van der Waals surface area contributed by atoms with Gasteiger partial charge in [-0.1, -0.05) is 42.1 Å². The lowest BCUT2D eigenvalue weighted by atomic mass is 10.0. The second-order valence-corrected chi connectivity index (χ2v) is 9.46. The summed E-state index contributed by atoms with van der Waals surface area (Å²) in [5.41, 5.74) is -0.431. The molecule has 1 atom stereocenters. The molecule has 0 radical (unpaired) electrons. The second kappa shape index (κ2) is 9.48. The Kier molecular flexibility index (Phi) is 6.66. The number of hydrogen-bond donors (Lipinski definition) is 1. The van der Waals surface area contributed by atoms with Crippen LogP contribution in [-0.2, 0) is 6.18 Å². The first-order valence-electron chi connectivity index (χ1n) is 9.89. The molecule has 1 aliphatic heterocycles. The third-order valence-electron chi connectivity index (χ3n) is 5.10. The van der Waals surface area contributed by atoms with Crippen LogP contribution in [0.25, 0.3) is 0 Å². The van der Waals surface area contributed by atoms with Crippen LogP contribution in [0.5, 0.6) is 0 Å². The molecule has 3 aromatic rings. The van der Waals surface area contributed by atoms with E-state index in [2.05, 4.69) is 5.32 Å². The van der Waals surface area contributed by atoms with E-state index in [-0.39, 0.29) is 16.8 Å². The average molecular weight is 491 g/mol. The molecule has 0 bridgehead atoms. The first-order chi connectivity index (χ1) is 15.7. The van der Waals surface area contributed by atoms with Crippen molar-refractivity contribution in [3.63, 3.8) is 0 Å². The van der Waals surface area contributed by atoms with Crippen molar-refractivity contribution in [3.05, 3.63) is 93.5 Å². The van der Waals surface area contributed by atoms with Gasteiger partial charge in [0.05, 0.1) is 27.0 Å². The molecule has 3 aromatic carbocycles. The van der Waals surface area contributed by atoms with Crippen LogP contribution in [-0.4, -0.2) is 16.6 Å². The Hall–Kier alpha value is -2.98. The van der Waals surface area contributed by atoms with E-state index in [4.69, 9.17) is 0 Å². The Morgan fingerprint density at radius 2 is 1.79 bits per heavy atom. The standard InChI is InChI=1S/C23H17F3N2O3S2/c24-23(25,26)14-9-10-21(18(13-14)28(30)31)33-20-8-4-2-6-16(20)22(29)27-17-11-12-32-19-7-3-1-5-15(17)19/h1-10,13,17H,11-12H2,(H,27,29). The topological polar surface area (TPSA) is 72.2 Å². The zero-order chi connectivity index (χ0) is 23.6. The highest BCUT2D eigenvalue weighted by Crippen LogP contribution is 2.41. The molecule has 10 heteroatoms. The van der Waals surface area contributed by atoms with Crippen LogP contribution in [0, 0.1) is 10.1 Å². The van der Waals surface area contributed by atoms with Crippen molar-refractivity contribution in [2.24, 2.45) is 0 Å². The summed E-state index contributed by atoms with van der Waals surface area (Å²) in [6.07, 6.45) is -3.94. The van der Waals surface area contributed by atoms with Gasteiger partial charge in [-0.15, -0.1) is 11.8 Å². The van der Waals surface area contributed by atoms with E-state index in [1.807, 2.05) is 24.3 Å². The van der Waals surface area contributed by atoms with Crippen molar-refractivity contribution in [1.82, 2.24) is 5.32 Å². The summed E-state index contributed by atoms with van der Waals surface area (Å²) < 4.78 is 39.0. The fourth-order valence-electron chi connectivity index (χ4n) is 3.51. The van der Waals surface area contributed by atoms with Crippen molar-refractivity contribution in [2.45, 2.75) is 33.3 Å². The minimum Gasteiger partial charge on any atom is -0.345 e. The summed E-state index contributed by atoms with van der Waals surface area (Å²) in [7, 11) is 0. The SMILES string of the molecule is O=C(NC1CCSc2ccccc21)c1ccccc1Sc1ccc(C(F)(F)F)cc1[N+](=O)[O-]. The van der Waals surface area contributed by atoms with Gasteiger partial charge in [0.1, 0.15) is 0 Å². The number of benzene rings is 3. The van der Waals surface area contributed by atoms with E-state index in [0.717, 1.165) is 46.5 Å². The zero-order valence-corrected chi connectivity index (χ0v) is 18.6. The number of carbonyl (C=O) groups excluding carboxylic acids is 1. The van der Waals surface area contributed by atoms with Gasteiger partial charge in [0.15, 0.2) is 0 Å². The van der Waals surface area contributed by atoms with Crippen molar-refractivity contribution < 1.29 is 22.9 Å². The lowest BCUT2D eigenvalue weighted by Crippen LogP contribution is -2.30. The molecule has 33 heavy (non-hydrogen) atoms. The number of thioether (sulfide) groups is 1. The molecule has 1 unspecified atom stereocenters. The molecule has 0 aromatic heterocycles. The van der Waals surface area contributed by atoms with Crippen LogP contribution >= 0.6 is 23.5 Å². The summed E-state index contributed by atoms with van der Waals surface area (Å²) in [5, 5.41) is 14.5. The van der Waals surface area contributed by atoms with E-state index >= 15 is 0 Å². The highest BCUT2D eigenvalue weighted by atomic mass is 32.2. The van der Waals surface area contributed by atoms with Crippen LogP contribution in [0.2, 0.25) is 0 Å². The number of nitro benzene ring substituents is 1. The molecular formula is C23H17F3N2O3S2. The zero-order valence-electron chi connectivity index (χ0n) is 17.0. The number of fused-ring (bicyclic) bond motifs is 1. The largest absolute Gasteiger partial charge is 0.416 e. The molecule has 1 aliphatic rings. The minimum absolute atomic E-state index is 0.0210. The van der Waals surface area contributed by atoms with Gasteiger partial charge >= 0.3 is 6.18 Å². The van der Waals surface area contributed by atoms with Crippen molar-refractivity contribution in [3.8, 4) is 0 Å². The molecule has 0 saturated carbocycles. The smallest absolute Gasteiger partial charge is 0.345 e. The number of amides is 1. The molecule has 0 aliphatic carbocycles. The maximum absolute atomic E-state index is 13.1. The maximum atomic E-state index is 13.1. The number of nitrogens with one attached hydrogen (secondary N) is 1. The Morgan fingerprint density at radius 1 is 1.06 bits per heavy atom. The Morgan fingerprint density at radius 3 is 2.55 bits per heavy atom. The van der Waals surface area contributed by atoms with Crippen LogP contribution in [0.1, 0.15) is 33.9 Å². The van der Waals surface area contributed by atoms with Crippen molar-refractivity contribution >= 4 is 35.1 Å². The summed E-state index contributed by atoms with van der Waals surface area (Å²) in [6.45, 7) is 0. The van der Waals surface area contributed by atoms with Gasteiger partial charge in [0.25, 0.3) is 11.6 Å². The van der Waals surface area contributed by atoms with E-state index < -0.39 is 22.4 Å². The molecule has 0 saturated heterocycles. The first kappa shape index (κ1) is 23.2. The molecular weight excluding hydrogens is 473 g/mol. The molecule has 4 rings (SSSR count). The lowest BCUT2D eigenvalue weighted by molar-refractivity contribution is -0.388. The molecule has 0 spiro atoms. The van der Waals surface area contributed by atoms with E-state index in [0.29, 0.717) is 16.5 Å².